The lowest BCUT2D eigenvalue weighted by Crippen LogP contribution is -2.95. The molecule has 0 radical (unpaired) electrons. The Morgan fingerprint density at radius 3 is 0.773 bits per heavy atom. The lowest BCUT2D eigenvalue weighted by atomic mass is 8.98. The monoisotopic (exact) mass is 634 g/mol. The number of hydrogen-bond acceptors (Lipinski definition) is 0. The summed E-state index contributed by atoms with van der Waals surface area (Å²) in [4.78, 5) is 0. The van der Waals surface area contributed by atoms with E-state index in [2.05, 4.69) is 0 Å². The molecule has 5 rings (SSSR count). The zero-order valence-electron chi connectivity index (χ0n) is 22.4. The van der Waals surface area contributed by atoms with E-state index in [4.69, 9.17) is 0 Å². The number of allylic oxidation sites excluding steroid dienone is 16. The molecule has 4 atom stereocenters. The average Bonchev–Trinajstić information content (AvgIpc) is 3.25. The van der Waals surface area contributed by atoms with Crippen molar-refractivity contribution in [1.29, 1.82) is 0 Å². The zero-order valence-corrected chi connectivity index (χ0v) is 22.4. The minimum Gasteiger partial charge on any atom is -0.275 e. The van der Waals surface area contributed by atoms with Gasteiger partial charge in [0.2, 0.25) is 6.15 Å². The molecule has 0 spiro atoms. The van der Waals surface area contributed by atoms with Crippen LogP contribution in [0.2, 0.25) is 0 Å². The molecule has 0 N–H and O–H groups in total. The molecule has 4 aliphatic carbocycles. The predicted molar refractivity (Wildman–Crippen MR) is 145 cm³/mol. The Labute approximate surface area is 244 Å². The first kappa shape index (κ1) is 33.1. The second-order valence-electron chi connectivity index (χ2n) is 10.7. The standard InChI is InChI=1S/C24H16BF12.C7H7/c26-17(9-1-5-13-21(17,30)31)25(18(27)10-2-6-14-22(18,32)33,19(28)11-3-7-15-23(19,34)35)20(29)12-4-8-16-24(20,36)37;1-2-4-6-7-5-3-1/h1-16H;1-7H/q-1;+1. The van der Waals surface area contributed by atoms with Gasteiger partial charge in [0.25, 0.3) is 23.7 Å². The summed E-state index contributed by atoms with van der Waals surface area (Å²) < 4.78 is 192. The molecule has 0 bridgehead atoms. The van der Waals surface area contributed by atoms with Crippen molar-refractivity contribution in [1.82, 2.24) is 0 Å². The maximum Gasteiger partial charge on any atom is 0.271 e. The zero-order chi connectivity index (χ0) is 32.8. The quantitative estimate of drug-likeness (QED) is 0.176. The summed E-state index contributed by atoms with van der Waals surface area (Å²) in [6, 6.07) is 14.0. The molecule has 4 unspecified atom stereocenters. The van der Waals surface area contributed by atoms with E-state index in [1.54, 1.807) is 0 Å². The third-order valence-corrected chi connectivity index (χ3v) is 8.36. The van der Waals surface area contributed by atoms with Crippen molar-refractivity contribution < 1.29 is 52.7 Å². The first-order chi connectivity index (χ1) is 20.3. The van der Waals surface area contributed by atoms with Gasteiger partial charge in [-0.2, -0.15) is 0 Å². The fraction of sp³-hybridized carbons (Fsp3) is 0.258. The number of halogens is 12. The molecule has 0 saturated heterocycles. The molecule has 4 aliphatic rings. The lowest BCUT2D eigenvalue weighted by molar-refractivity contribution is -0.120. The van der Waals surface area contributed by atoms with Crippen molar-refractivity contribution in [2.45, 2.75) is 46.0 Å². The lowest BCUT2D eigenvalue weighted by Gasteiger charge is -2.70. The van der Waals surface area contributed by atoms with Crippen molar-refractivity contribution in [3.05, 3.63) is 140 Å². The molecule has 0 aliphatic heterocycles. The van der Waals surface area contributed by atoms with Crippen LogP contribution in [0, 0.1) is 0 Å². The number of rotatable bonds is 4. The Morgan fingerprint density at radius 1 is 0.318 bits per heavy atom. The maximum absolute atomic E-state index is 17.0. The summed E-state index contributed by atoms with van der Waals surface area (Å²) >= 11 is 0. The molecule has 44 heavy (non-hydrogen) atoms. The second-order valence-corrected chi connectivity index (χ2v) is 10.7. The van der Waals surface area contributed by atoms with Crippen molar-refractivity contribution >= 4 is 6.15 Å². The molecule has 0 amide bonds. The first-order valence-corrected chi connectivity index (χ1v) is 13.1. The maximum atomic E-state index is 17.0. The molecule has 0 saturated carbocycles. The van der Waals surface area contributed by atoms with Crippen LogP contribution in [-0.2, 0) is 0 Å². The van der Waals surface area contributed by atoms with Crippen molar-refractivity contribution in [2.75, 3.05) is 0 Å². The highest BCUT2D eigenvalue weighted by Gasteiger charge is 2.91. The summed E-state index contributed by atoms with van der Waals surface area (Å²) in [6.45, 7) is 0. The van der Waals surface area contributed by atoms with Gasteiger partial charge in [-0.3, -0.25) is 17.6 Å². The molecule has 234 valence electrons. The molecule has 0 aromatic heterocycles. The van der Waals surface area contributed by atoms with Crippen LogP contribution in [0.25, 0.3) is 0 Å². The molecule has 0 fully saturated rings. The topological polar surface area (TPSA) is 0 Å². The molecule has 0 heterocycles. The van der Waals surface area contributed by atoms with E-state index >= 15 is 52.7 Å². The van der Waals surface area contributed by atoms with Crippen LogP contribution >= 0.6 is 0 Å². The average molecular weight is 634 g/mol. The third kappa shape index (κ3) is 4.28. The largest absolute Gasteiger partial charge is 0.275 e. The Morgan fingerprint density at radius 2 is 0.545 bits per heavy atom. The summed E-state index contributed by atoms with van der Waals surface area (Å²) in [5.41, 5.74) is -22.2. The van der Waals surface area contributed by atoms with E-state index in [0.717, 1.165) is 0 Å². The fourth-order valence-electron chi connectivity index (χ4n) is 6.46. The van der Waals surface area contributed by atoms with Crippen LogP contribution in [0.5, 0.6) is 0 Å². The highest BCUT2D eigenvalue weighted by molar-refractivity contribution is 6.93. The van der Waals surface area contributed by atoms with Gasteiger partial charge in [0.1, 0.15) is 0 Å². The Kier molecular flexibility index (Phi) is 8.05. The van der Waals surface area contributed by atoms with Gasteiger partial charge in [0, 0.05) is 42.5 Å². The first-order valence-electron chi connectivity index (χ1n) is 13.1. The summed E-state index contributed by atoms with van der Waals surface area (Å²) in [5.74, 6) is -21.8. The van der Waals surface area contributed by atoms with E-state index in [9.17, 15) is 0 Å². The fourth-order valence-corrected chi connectivity index (χ4v) is 6.46. The van der Waals surface area contributed by atoms with Gasteiger partial charge in [0.05, 0.1) is 22.3 Å². The Hall–Kier alpha value is -3.77. The molecule has 1 aromatic carbocycles. The van der Waals surface area contributed by atoms with Gasteiger partial charge in [-0.05, 0) is 24.3 Å². The van der Waals surface area contributed by atoms with E-state index in [-0.39, 0.29) is 24.3 Å². The van der Waals surface area contributed by atoms with Gasteiger partial charge in [-0.1, -0.05) is 72.9 Å². The smallest absolute Gasteiger partial charge is 0.271 e. The van der Waals surface area contributed by atoms with E-state index in [0.29, 0.717) is 24.3 Å². The number of alkyl halides is 12. The summed E-state index contributed by atoms with van der Waals surface area (Å²) in [7, 11) is 0. The SMILES string of the molecule is FC1(F)C=CC=CC1(F)[B-](C1(F)C=CC=CC1(F)F)(C1(F)C=CC=CC1(F)F)C1(F)C=CC=CC1(F)F.c1ccc[cH+]cc1. The predicted octanol–water partition coefficient (Wildman–Crippen LogP) is 9.44. The van der Waals surface area contributed by atoms with E-state index < -0.39 is 101 Å². The molecular weight excluding hydrogens is 611 g/mol. The molecule has 1 aromatic rings. The van der Waals surface area contributed by atoms with Crippen LogP contribution < -0.4 is 0 Å². The normalized spacial score (nSPS) is 36.3. The minimum atomic E-state index is -7.08. The summed E-state index contributed by atoms with van der Waals surface area (Å²) in [5, 5.41) is 0. The molecule has 13 heteroatoms. The molecular formula is C31H23BF12. The Bertz CT molecular complexity index is 1270. The van der Waals surface area contributed by atoms with E-state index in [1.165, 1.54) is 0 Å². The van der Waals surface area contributed by atoms with Gasteiger partial charge in [0.15, 0.2) is 0 Å². The van der Waals surface area contributed by atoms with Crippen molar-refractivity contribution in [3.8, 4) is 0 Å². The van der Waals surface area contributed by atoms with E-state index in [1.807, 2.05) is 42.5 Å². The Balaban J connectivity index is 0.000000555. The van der Waals surface area contributed by atoms with Crippen LogP contribution in [-0.4, -0.2) is 52.1 Å². The van der Waals surface area contributed by atoms with Gasteiger partial charge in [-0.25, -0.2) is 35.1 Å². The minimum absolute atomic E-state index is 0.256. The van der Waals surface area contributed by atoms with Gasteiger partial charge < -0.3 is 0 Å². The second kappa shape index (κ2) is 10.7. The highest BCUT2D eigenvalue weighted by atomic mass is 19.3. The van der Waals surface area contributed by atoms with Crippen LogP contribution in [0.1, 0.15) is 0 Å². The molecule has 0 nitrogen and oxygen atoms in total. The van der Waals surface area contributed by atoms with Gasteiger partial charge >= 0.3 is 0 Å². The van der Waals surface area contributed by atoms with Crippen molar-refractivity contribution in [2.24, 2.45) is 0 Å². The number of hydrogen-bond donors (Lipinski definition) is 0. The van der Waals surface area contributed by atoms with Crippen molar-refractivity contribution in [3.63, 3.8) is 0 Å². The highest BCUT2D eigenvalue weighted by Crippen LogP contribution is 2.69. The van der Waals surface area contributed by atoms with Crippen LogP contribution in [0.4, 0.5) is 52.7 Å². The summed E-state index contributed by atoms with van der Waals surface area (Å²) in [6.07, 6.45) is -8.54. The van der Waals surface area contributed by atoms with Crippen LogP contribution in [0.15, 0.2) is 140 Å². The third-order valence-electron chi connectivity index (χ3n) is 8.36. The van der Waals surface area contributed by atoms with Gasteiger partial charge in [-0.15, -0.1) is 0 Å². The van der Waals surface area contributed by atoms with Crippen LogP contribution in [0.3, 0.4) is 0 Å².